The first-order valence-corrected chi connectivity index (χ1v) is 12.5. The summed E-state index contributed by atoms with van der Waals surface area (Å²) in [6.07, 6.45) is 0.253. The Balaban J connectivity index is 1.22. The zero-order chi connectivity index (χ0) is 23.6. The normalized spacial score (nSPS) is 14.0. The first kappa shape index (κ1) is 24.2. The number of amides is 1. The van der Waals surface area contributed by atoms with E-state index in [1.54, 1.807) is 0 Å². The Hall–Kier alpha value is -2.94. The van der Waals surface area contributed by atoms with Gasteiger partial charge in [0.15, 0.2) is 0 Å². The van der Waals surface area contributed by atoms with Gasteiger partial charge in [-0.3, -0.25) is 9.69 Å². The van der Waals surface area contributed by atoms with Crippen molar-refractivity contribution in [3.8, 4) is 22.1 Å². The Morgan fingerprint density at radius 2 is 1.94 bits per heavy atom. The molecule has 1 amide bonds. The van der Waals surface area contributed by atoms with Crippen LogP contribution in [0.4, 0.5) is 0 Å². The molecule has 0 saturated carbocycles. The van der Waals surface area contributed by atoms with Crippen LogP contribution in [0.1, 0.15) is 18.2 Å². The number of benzene rings is 2. The molecule has 0 aliphatic carbocycles. The zero-order valence-corrected chi connectivity index (χ0v) is 20.3. The van der Waals surface area contributed by atoms with Crippen molar-refractivity contribution >= 4 is 17.2 Å². The predicted octanol–water partition coefficient (Wildman–Crippen LogP) is 3.78. The second-order valence-electron chi connectivity index (χ2n) is 8.00. The number of morpholine rings is 1. The van der Waals surface area contributed by atoms with Crippen molar-refractivity contribution in [2.75, 3.05) is 46.1 Å². The van der Waals surface area contributed by atoms with E-state index in [1.807, 2.05) is 60.8 Å². The first-order valence-electron chi connectivity index (χ1n) is 11.7. The second kappa shape index (κ2) is 12.5. The van der Waals surface area contributed by atoms with Crippen LogP contribution in [0, 0.1) is 0 Å². The van der Waals surface area contributed by atoms with Gasteiger partial charge in [-0.15, -0.1) is 11.3 Å². The average Bonchev–Trinajstić information content (AvgIpc) is 3.33. The maximum absolute atomic E-state index is 12.5. The molecule has 3 aromatic rings. The average molecular weight is 482 g/mol. The molecule has 1 fully saturated rings. The molecule has 1 N–H and O–H groups in total. The molecular formula is C26H31N3O4S. The lowest BCUT2D eigenvalue weighted by Crippen LogP contribution is -2.38. The maximum Gasteiger partial charge on any atom is 0.226 e. The van der Waals surface area contributed by atoms with E-state index >= 15 is 0 Å². The van der Waals surface area contributed by atoms with Crippen LogP contribution < -0.4 is 14.8 Å². The standard InChI is InChI=1S/C26H31N3O4S/c1-2-32-23-8-6-21(7-9-23)26-28-22(19-34-26)17-25(30)27-18-20-4-3-5-24(16-20)33-15-12-29-10-13-31-14-11-29/h3-9,16,19H,2,10-15,17-18H2,1H3,(H,27,30). The van der Waals surface area contributed by atoms with Gasteiger partial charge in [0, 0.05) is 37.1 Å². The number of aromatic nitrogens is 1. The molecule has 1 aromatic heterocycles. The van der Waals surface area contributed by atoms with Crippen LogP contribution in [0.25, 0.3) is 10.6 Å². The summed E-state index contributed by atoms with van der Waals surface area (Å²) in [5.41, 5.74) is 2.79. The third-order valence-corrected chi connectivity index (χ3v) is 6.41. The van der Waals surface area contributed by atoms with E-state index in [0.717, 1.165) is 66.2 Å². The highest BCUT2D eigenvalue weighted by Crippen LogP contribution is 2.26. The molecule has 0 bridgehead atoms. The van der Waals surface area contributed by atoms with Gasteiger partial charge in [0.05, 0.1) is 31.9 Å². The van der Waals surface area contributed by atoms with Gasteiger partial charge in [0.2, 0.25) is 5.91 Å². The summed E-state index contributed by atoms with van der Waals surface area (Å²) in [5, 5.41) is 5.82. The molecule has 0 atom stereocenters. The lowest BCUT2D eigenvalue weighted by atomic mass is 10.2. The summed E-state index contributed by atoms with van der Waals surface area (Å²) >= 11 is 1.54. The van der Waals surface area contributed by atoms with Gasteiger partial charge >= 0.3 is 0 Å². The van der Waals surface area contributed by atoms with Crippen LogP contribution in [0.3, 0.4) is 0 Å². The third-order valence-electron chi connectivity index (χ3n) is 5.47. The van der Waals surface area contributed by atoms with E-state index in [-0.39, 0.29) is 12.3 Å². The molecule has 1 aliphatic heterocycles. The van der Waals surface area contributed by atoms with Crippen molar-refractivity contribution in [2.24, 2.45) is 0 Å². The van der Waals surface area contributed by atoms with Gasteiger partial charge < -0.3 is 19.5 Å². The van der Waals surface area contributed by atoms with Crippen molar-refractivity contribution < 1.29 is 19.0 Å². The van der Waals surface area contributed by atoms with Crippen molar-refractivity contribution in [1.82, 2.24) is 15.2 Å². The summed E-state index contributed by atoms with van der Waals surface area (Å²) in [6.45, 7) is 8.07. The molecule has 1 saturated heterocycles. The van der Waals surface area contributed by atoms with Crippen LogP contribution in [-0.2, 0) is 22.5 Å². The molecule has 0 spiro atoms. The quantitative estimate of drug-likeness (QED) is 0.449. The molecule has 0 radical (unpaired) electrons. The van der Waals surface area contributed by atoms with Crippen LogP contribution >= 0.6 is 11.3 Å². The lowest BCUT2D eigenvalue weighted by Gasteiger charge is -2.26. The fourth-order valence-corrected chi connectivity index (χ4v) is 4.50. The van der Waals surface area contributed by atoms with Crippen molar-refractivity contribution in [3.05, 3.63) is 65.2 Å². The fourth-order valence-electron chi connectivity index (χ4n) is 3.67. The summed E-state index contributed by atoms with van der Waals surface area (Å²) < 4.78 is 16.8. The molecule has 8 heteroatoms. The van der Waals surface area contributed by atoms with Gasteiger partial charge in [-0.2, -0.15) is 0 Å². The Kier molecular flexibility index (Phi) is 8.90. The maximum atomic E-state index is 12.5. The number of hydrogen-bond acceptors (Lipinski definition) is 7. The molecule has 0 unspecified atom stereocenters. The van der Waals surface area contributed by atoms with Gasteiger partial charge in [0.25, 0.3) is 0 Å². The van der Waals surface area contributed by atoms with Gasteiger partial charge in [-0.05, 0) is 48.9 Å². The van der Waals surface area contributed by atoms with E-state index in [1.165, 1.54) is 11.3 Å². The minimum atomic E-state index is -0.0535. The Bertz CT molecular complexity index is 1050. The Morgan fingerprint density at radius 1 is 1.12 bits per heavy atom. The molecular weight excluding hydrogens is 450 g/mol. The van der Waals surface area contributed by atoms with Gasteiger partial charge in [-0.25, -0.2) is 4.98 Å². The van der Waals surface area contributed by atoms with Crippen LogP contribution in [0.2, 0.25) is 0 Å². The highest BCUT2D eigenvalue weighted by Gasteiger charge is 2.11. The summed E-state index contributed by atoms with van der Waals surface area (Å²) in [4.78, 5) is 19.4. The smallest absolute Gasteiger partial charge is 0.226 e. The van der Waals surface area contributed by atoms with Crippen molar-refractivity contribution in [1.29, 1.82) is 0 Å². The SMILES string of the molecule is CCOc1ccc(-c2nc(CC(=O)NCc3cccc(OCCN4CCOCC4)c3)cs2)cc1. The molecule has 180 valence electrons. The number of thiazole rings is 1. The van der Waals surface area contributed by atoms with Crippen LogP contribution in [-0.4, -0.2) is 61.9 Å². The number of carbonyl (C=O) groups is 1. The summed E-state index contributed by atoms with van der Waals surface area (Å²) in [5.74, 6) is 1.61. The molecule has 7 nitrogen and oxygen atoms in total. The number of rotatable bonds is 11. The summed E-state index contributed by atoms with van der Waals surface area (Å²) in [6, 6.07) is 15.7. The van der Waals surface area contributed by atoms with Crippen molar-refractivity contribution in [3.63, 3.8) is 0 Å². The molecule has 4 rings (SSSR count). The Labute approximate surface area is 204 Å². The van der Waals surface area contributed by atoms with Gasteiger partial charge in [0.1, 0.15) is 23.1 Å². The largest absolute Gasteiger partial charge is 0.494 e. The molecule has 2 heterocycles. The van der Waals surface area contributed by atoms with E-state index in [4.69, 9.17) is 14.2 Å². The minimum Gasteiger partial charge on any atom is -0.494 e. The van der Waals surface area contributed by atoms with Gasteiger partial charge in [-0.1, -0.05) is 12.1 Å². The van der Waals surface area contributed by atoms with E-state index in [0.29, 0.717) is 19.8 Å². The third kappa shape index (κ3) is 7.28. The van der Waals surface area contributed by atoms with Crippen LogP contribution in [0.15, 0.2) is 53.9 Å². The van der Waals surface area contributed by atoms with Crippen LogP contribution in [0.5, 0.6) is 11.5 Å². The lowest BCUT2D eigenvalue weighted by molar-refractivity contribution is -0.120. The monoisotopic (exact) mass is 481 g/mol. The van der Waals surface area contributed by atoms with E-state index in [9.17, 15) is 4.79 Å². The minimum absolute atomic E-state index is 0.0535. The number of carbonyl (C=O) groups excluding carboxylic acids is 1. The fraction of sp³-hybridized carbons (Fsp3) is 0.385. The van der Waals surface area contributed by atoms with Crippen molar-refractivity contribution in [2.45, 2.75) is 19.9 Å². The second-order valence-corrected chi connectivity index (χ2v) is 8.86. The highest BCUT2D eigenvalue weighted by atomic mass is 32.1. The highest BCUT2D eigenvalue weighted by molar-refractivity contribution is 7.13. The topological polar surface area (TPSA) is 72.9 Å². The zero-order valence-electron chi connectivity index (χ0n) is 19.5. The number of nitrogens with zero attached hydrogens (tertiary/aromatic N) is 2. The number of hydrogen-bond donors (Lipinski definition) is 1. The first-order chi connectivity index (χ1) is 16.7. The number of ether oxygens (including phenoxy) is 3. The number of nitrogens with one attached hydrogen (secondary N) is 1. The molecule has 1 aliphatic rings. The Morgan fingerprint density at radius 3 is 2.74 bits per heavy atom. The summed E-state index contributed by atoms with van der Waals surface area (Å²) in [7, 11) is 0. The predicted molar refractivity (Wildman–Crippen MR) is 133 cm³/mol. The van der Waals surface area contributed by atoms with E-state index < -0.39 is 0 Å². The molecule has 2 aromatic carbocycles. The van der Waals surface area contributed by atoms with E-state index in [2.05, 4.69) is 15.2 Å². The molecule has 34 heavy (non-hydrogen) atoms.